The Morgan fingerprint density at radius 3 is 1.93 bits per heavy atom. The van der Waals surface area contributed by atoms with E-state index in [1.807, 2.05) is 12.1 Å². The van der Waals surface area contributed by atoms with Gasteiger partial charge in [-0.1, -0.05) is 0 Å². The first-order valence-corrected chi connectivity index (χ1v) is 13.3. The smallest absolute Gasteiger partial charge is 0.336 e. The lowest BCUT2D eigenvalue weighted by molar-refractivity contribution is -0.129. The molecule has 9 nitrogen and oxygen atoms in total. The molecule has 1 unspecified atom stereocenters. The third-order valence-corrected chi connectivity index (χ3v) is 7.70. The molecule has 2 aliphatic rings. The minimum atomic E-state index is -0.529. The van der Waals surface area contributed by atoms with Crippen LogP contribution in [0, 0.1) is 0 Å². The second kappa shape index (κ2) is 12.0. The molecule has 0 aliphatic carbocycles. The van der Waals surface area contributed by atoms with Gasteiger partial charge in [0.15, 0.2) is 34.5 Å². The number of benzene rings is 3. The molecule has 0 saturated carbocycles. The van der Waals surface area contributed by atoms with E-state index in [1.54, 1.807) is 53.8 Å². The maximum Gasteiger partial charge on any atom is 0.336 e. The van der Waals surface area contributed by atoms with E-state index in [0.29, 0.717) is 34.3 Å². The summed E-state index contributed by atoms with van der Waals surface area (Å²) in [4.78, 5) is 15.3. The van der Waals surface area contributed by atoms with Crippen molar-refractivity contribution in [1.29, 1.82) is 0 Å². The summed E-state index contributed by atoms with van der Waals surface area (Å²) >= 11 is 0. The van der Waals surface area contributed by atoms with Crippen LogP contribution < -0.4 is 33.2 Å². The molecular formula is C32H35NO8. The van der Waals surface area contributed by atoms with Crippen LogP contribution in [0.15, 0.2) is 42.5 Å². The van der Waals surface area contributed by atoms with Crippen molar-refractivity contribution < 1.29 is 38.0 Å². The normalized spacial score (nSPS) is 15.8. The van der Waals surface area contributed by atoms with Gasteiger partial charge < -0.3 is 33.2 Å². The van der Waals surface area contributed by atoms with E-state index in [9.17, 15) is 4.79 Å². The first-order chi connectivity index (χ1) is 19.9. The number of fused-ring (bicyclic) bond motifs is 4. The highest BCUT2D eigenvalue weighted by Gasteiger charge is 2.34. The maximum absolute atomic E-state index is 12.8. The average molecular weight is 562 g/mol. The first-order valence-electron chi connectivity index (χ1n) is 13.3. The molecule has 3 aromatic rings. The second-order valence-corrected chi connectivity index (χ2v) is 9.83. The molecule has 0 spiro atoms. The monoisotopic (exact) mass is 561 g/mol. The molecule has 41 heavy (non-hydrogen) atoms. The lowest BCUT2D eigenvalue weighted by Crippen LogP contribution is -2.39. The fourth-order valence-corrected chi connectivity index (χ4v) is 5.66. The van der Waals surface area contributed by atoms with Gasteiger partial charge in [0.25, 0.3) is 0 Å². The van der Waals surface area contributed by atoms with Crippen molar-refractivity contribution in [3.05, 3.63) is 70.3 Å². The van der Waals surface area contributed by atoms with Crippen LogP contribution in [0.25, 0.3) is 6.08 Å². The number of hydrogen-bond acceptors (Lipinski definition) is 9. The summed E-state index contributed by atoms with van der Waals surface area (Å²) in [6, 6.07) is 11.8. The maximum atomic E-state index is 12.8. The van der Waals surface area contributed by atoms with Gasteiger partial charge in [0.05, 0.1) is 42.7 Å². The van der Waals surface area contributed by atoms with E-state index in [1.165, 1.54) is 29.9 Å². The minimum absolute atomic E-state index is 0.213. The first kappa shape index (κ1) is 28.2. The highest BCUT2D eigenvalue weighted by Crippen LogP contribution is 2.44. The molecular weight excluding hydrogens is 526 g/mol. The van der Waals surface area contributed by atoms with E-state index in [4.69, 9.17) is 33.2 Å². The van der Waals surface area contributed by atoms with E-state index in [2.05, 4.69) is 17.0 Å². The molecule has 0 N–H and O–H groups in total. The number of rotatable bonds is 9. The topological polar surface area (TPSA) is 84.9 Å². The standard InChI is InChI=1S/C32H35NO8/c1-35-25-14-20-9-10-33-18-22-16-28(26(36-2)15-21(22)13-24(33)23(20)17-27(25)37-3)41-31(34)8-7-19-11-29(38-4)32(40-6)30(12-19)39-5/h7-8,11-12,14-17,24H,9-10,13,18H2,1-6H3. The summed E-state index contributed by atoms with van der Waals surface area (Å²) < 4.78 is 38.6. The van der Waals surface area contributed by atoms with Crippen molar-refractivity contribution in [1.82, 2.24) is 4.90 Å². The third kappa shape index (κ3) is 5.50. The van der Waals surface area contributed by atoms with Gasteiger partial charge in [0, 0.05) is 25.2 Å². The fourth-order valence-electron chi connectivity index (χ4n) is 5.66. The van der Waals surface area contributed by atoms with Crippen molar-refractivity contribution in [2.45, 2.75) is 25.4 Å². The minimum Gasteiger partial charge on any atom is -0.493 e. The summed E-state index contributed by atoms with van der Waals surface area (Å²) in [5.41, 5.74) is 5.51. The number of carbonyl (C=O) groups excluding carboxylic acids is 1. The summed E-state index contributed by atoms with van der Waals surface area (Å²) in [7, 11) is 9.52. The molecule has 0 fully saturated rings. The Kier molecular flexibility index (Phi) is 8.26. The summed E-state index contributed by atoms with van der Waals surface area (Å²) in [5, 5.41) is 0. The predicted molar refractivity (Wildman–Crippen MR) is 154 cm³/mol. The molecule has 2 aliphatic heterocycles. The SMILES string of the molecule is COc1cc2c(cc1OC)C1Cc3cc(OC)c(OC(=O)C=Cc4cc(OC)c(OC)c(OC)c4)cc3CN1CC2. The molecule has 0 bridgehead atoms. The number of methoxy groups -OCH3 is 6. The Morgan fingerprint density at radius 1 is 0.707 bits per heavy atom. The van der Waals surface area contributed by atoms with Crippen LogP contribution in [0.3, 0.4) is 0 Å². The Balaban J connectivity index is 1.37. The van der Waals surface area contributed by atoms with Crippen molar-refractivity contribution in [2.75, 3.05) is 49.2 Å². The Labute approximate surface area is 240 Å². The van der Waals surface area contributed by atoms with Gasteiger partial charge >= 0.3 is 5.97 Å². The molecule has 2 heterocycles. The molecule has 1 atom stereocenters. The van der Waals surface area contributed by atoms with E-state index in [-0.39, 0.29) is 6.04 Å². The van der Waals surface area contributed by atoms with Gasteiger partial charge in [-0.05, 0) is 83.1 Å². The average Bonchev–Trinajstić information content (AvgIpc) is 3.00. The van der Waals surface area contributed by atoms with Gasteiger partial charge in [0.1, 0.15) is 0 Å². The van der Waals surface area contributed by atoms with Crippen molar-refractivity contribution >= 4 is 12.0 Å². The quantitative estimate of drug-likeness (QED) is 0.203. The van der Waals surface area contributed by atoms with Gasteiger partial charge in [-0.25, -0.2) is 4.79 Å². The molecule has 0 aromatic heterocycles. The number of carbonyl (C=O) groups is 1. The molecule has 0 amide bonds. The zero-order chi connectivity index (χ0) is 29.1. The number of nitrogens with zero attached hydrogens (tertiary/aromatic N) is 1. The van der Waals surface area contributed by atoms with Crippen LogP contribution in [0.1, 0.15) is 33.9 Å². The zero-order valence-corrected chi connectivity index (χ0v) is 24.2. The molecule has 0 radical (unpaired) electrons. The molecule has 9 heteroatoms. The predicted octanol–water partition coefficient (Wildman–Crippen LogP) is 5.01. The fraction of sp³-hybridized carbons (Fsp3) is 0.344. The van der Waals surface area contributed by atoms with Crippen LogP contribution >= 0.6 is 0 Å². The Hall–Kier alpha value is -4.37. The van der Waals surface area contributed by atoms with Gasteiger partial charge in [-0.15, -0.1) is 0 Å². The van der Waals surface area contributed by atoms with E-state index in [0.717, 1.165) is 43.0 Å². The molecule has 3 aromatic carbocycles. The Morgan fingerprint density at radius 2 is 1.29 bits per heavy atom. The van der Waals surface area contributed by atoms with Gasteiger partial charge in [-0.2, -0.15) is 0 Å². The summed E-state index contributed by atoms with van der Waals surface area (Å²) in [6.07, 6.45) is 4.73. The summed E-state index contributed by atoms with van der Waals surface area (Å²) in [6.45, 7) is 1.66. The van der Waals surface area contributed by atoms with Crippen molar-refractivity contribution in [3.63, 3.8) is 0 Å². The number of hydrogen-bond donors (Lipinski definition) is 0. The Bertz CT molecular complexity index is 1460. The van der Waals surface area contributed by atoms with E-state index >= 15 is 0 Å². The van der Waals surface area contributed by atoms with Crippen LogP contribution in [-0.2, 0) is 24.2 Å². The lowest BCUT2D eigenvalue weighted by Gasteiger charge is -2.41. The highest BCUT2D eigenvalue weighted by atomic mass is 16.6. The van der Waals surface area contributed by atoms with Crippen LogP contribution in [0.4, 0.5) is 0 Å². The molecule has 5 rings (SSSR count). The van der Waals surface area contributed by atoms with Crippen LogP contribution in [-0.4, -0.2) is 60.1 Å². The van der Waals surface area contributed by atoms with Gasteiger partial charge in [-0.3, -0.25) is 4.90 Å². The zero-order valence-electron chi connectivity index (χ0n) is 24.2. The lowest BCUT2D eigenvalue weighted by atomic mass is 9.83. The third-order valence-electron chi connectivity index (χ3n) is 7.70. The van der Waals surface area contributed by atoms with Crippen LogP contribution in [0.5, 0.6) is 40.2 Å². The van der Waals surface area contributed by atoms with Crippen molar-refractivity contribution in [3.8, 4) is 40.2 Å². The number of ether oxygens (including phenoxy) is 7. The highest BCUT2D eigenvalue weighted by molar-refractivity contribution is 5.89. The molecule has 216 valence electrons. The summed E-state index contributed by atoms with van der Waals surface area (Å²) in [5.74, 6) is 3.31. The number of esters is 1. The second-order valence-electron chi connectivity index (χ2n) is 9.83. The van der Waals surface area contributed by atoms with Gasteiger partial charge in [0.2, 0.25) is 5.75 Å². The molecule has 0 saturated heterocycles. The largest absolute Gasteiger partial charge is 0.493 e. The van der Waals surface area contributed by atoms with E-state index < -0.39 is 5.97 Å². The van der Waals surface area contributed by atoms with Crippen molar-refractivity contribution in [2.24, 2.45) is 0 Å². The van der Waals surface area contributed by atoms with Crippen LogP contribution in [0.2, 0.25) is 0 Å².